The summed E-state index contributed by atoms with van der Waals surface area (Å²) in [4.78, 5) is 22.0. The second kappa shape index (κ2) is 6.37. The second-order valence-electron chi connectivity index (χ2n) is 5.19. The summed E-state index contributed by atoms with van der Waals surface area (Å²) in [6.07, 6.45) is 3.73. The maximum absolute atomic E-state index is 12.4. The summed E-state index contributed by atoms with van der Waals surface area (Å²) in [6, 6.07) is 7.79. The molecular weight excluding hydrogens is 310 g/mol. The van der Waals surface area contributed by atoms with E-state index < -0.39 is 0 Å². The zero-order valence-corrected chi connectivity index (χ0v) is 14.0. The Hall–Kier alpha value is -2.41. The highest BCUT2D eigenvalue weighted by Crippen LogP contribution is 2.20. The van der Waals surface area contributed by atoms with Crippen LogP contribution in [0.25, 0.3) is 5.78 Å². The van der Waals surface area contributed by atoms with E-state index in [1.807, 2.05) is 44.4 Å². The van der Waals surface area contributed by atoms with Gasteiger partial charge < -0.3 is 5.32 Å². The fourth-order valence-corrected chi connectivity index (χ4v) is 2.94. The van der Waals surface area contributed by atoms with Crippen LogP contribution >= 0.6 is 11.8 Å². The Morgan fingerprint density at radius 2 is 2.17 bits per heavy atom. The molecule has 118 valence electrons. The molecule has 6 nitrogen and oxygen atoms in total. The topological polar surface area (TPSA) is 72.2 Å². The number of aryl methyl sites for hydroxylation is 2. The third-order valence-corrected chi connectivity index (χ3v) is 4.40. The summed E-state index contributed by atoms with van der Waals surface area (Å²) >= 11 is 1.64. The Bertz CT molecular complexity index is 874. The minimum atomic E-state index is -0.0734. The summed E-state index contributed by atoms with van der Waals surface area (Å²) in [5.41, 5.74) is 3.36. The van der Waals surface area contributed by atoms with Crippen LogP contribution in [0.1, 0.15) is 17.0 Å². The van der Waals surface area contributed by atoms with Gasteiger partial charge in [-0.2, -0.15) is 10.1 Å². The molecule has 1 aromatic carbocycles. The number of hydrogen-bond acceptors (Lipinski definition) is 5. The normalized spacial score (nSPS) is 10.9. The van der Waals surface area contributed by atoms with Gasteiger partial charge in [0.05, 0.1) is 6.42 Å². The first-order chi connectivity index (χ1) is 11.1. The van der Waals surface area contributed by atoms with E-state index in [0.29, 0.717) is 5.78 Å². The molecule has 0 saturated heterocycles. The molecule has 0 aliphatic rings. The van der Waals surface area contributed by atoms with Crippen LogP contribution in [0, 0.1) is 13.8 Å². The summed E-state index contributed by atoms with van der Waals surface area (Å²) in [6.45, 7) is 3.81. The van der Waals surface area contributed by atoms with Gasteiger partial charge in [0.15, 0.2) is 0 Å². The van der Waals surface area contributed by atoms with Gasteiger partial charge >= 0.3 is 0 Å². The lowest BCUT2D eigenvalue weighted by Gasteiger charge is -2.11. The number of anilines is 1. The average molecular weight is 327 g/mol. The van der Waals surface area contributed by atoms with Crippen LogP contribution in [0.5, 0.6) is 0 Å². The summed E-state index contributed by atoms with van der Waals surface area (Å²) in [5.74, 6) is 0.479. The molecule has 0 saturated carbocycles. The SMILES string of the molecule is CSc1cccc(NC(=O)Cc2c(C)nc3ncnn3c2C)c1. The molecule has 0 fully saturated rings. The lowest BCUT2D eigenvalue weighted by atomic mass is 10.1. The fourth-order valence-electron chi connectivity index (χ4n) is 2.48. The first-order valence-electron chi connectivity index (χ1n) is 7.18. The van der Waals surface area contributed by atoms with Crippen molar-refractivity contribution in [3.8, 4) is 0 Å². The Balaban J connectivity index is 1.82. The van der Waals surface area contributed by atoms with Crippen LogP contribution in [0.4, 0.5) is 5.69 Å². The predicted molar refractivity (Wildman–Crippen MR) is 90.8 cm³/mol. The molecule has 0 aliphatic carbocycles. The number of aromatic nitrogens is 4. The van der Waals surface area contributed by atoms with Gasteiger partial charge in [0.2, 0.25) is 5.91 Å². The zero-order chi connectivity index (χ0) is 16.4. The Morgan fingerprint density at radius 3 is 2.96 bits per heavy atom. The van der Waals surface area contributed by atoms with Crippen molar-refractivity contribution in [2.45, 2.75) is 25.2 Å². The highest BCUT2D eigenvalue weighted by molar-refractivity contribution is 7.98. The molecule has 2 aromatic heterocycles. The average Bonchev–Trinajstić information content (AvgIpc) is 3.00. The van der Waals surface area contributed by atoms with Gasteiger partial charge in [0, 0.05) is 27.5 Å². The molecule has 23 heavy (non-hydrogen) atoms. The van der Waals surface area contributed by atoms with Gasteiger partial charge in [-0.05, 0) is 38.3 Å². The number of nitrogens with one attached hydrogen (secondary N) is 1. The van der Waals surface area contributed by atoms with Gasteiger partial charge in [0.1, 0.15) is 6.33 Å². The Morgan fingerprint density at radius 1 is 1.35 bits per heavy atom. The van der Waals surface area contributed by atoms with Crippen LogP contribution in [-0.2, 0) is 11.2 Å². The van der Waals surface area contributed by atoms with Crippen molar-refractivity contribution < 1.29 is 4.79 Å². The highest BCUT2D eigenvalue weighted by Gasteiger charge is 2.14. The maximum Gasteiger partial charge on any atom is 0.252 e. The molecule has 1 amide bonds. The van der Waals surface area contributed by atoms with Gasteiger partial charge in [-0.3, -0.25) is 4.79 Å². The van der Waals surface area contributed by atoms with E-state index in [1.165, 1.54) is 6.33 Å². The number of hydrogen-bond donors (Lipinski definition) is 1. The van der Waals surface area contributed by atoms with E-state index in [2.05, 4.69) is 20.4 Å². The van der Waals surface area contributed by atoms with Crippen molar-refractivity contribution in [2.24, 2.45) is 0 Å². The largest absolute Gasteiger partial charge is 0.326 e. The number of thioether (sulfide) groups is 1. The van der Waals surface area contributed by atoms with Gasteiger partial charge in [0.25, 0.3) is 5.78 Å². The molecule has 7 heteroatoms. The van der Waals surface area contributed by atoms with Crippen LogP contribution in [-0.4, -0.2) is 31.7 Å². The standard InChI is InChI=1S/C16H17N5OS/c1-10-14(11(2)21-16(19-10)17-9-18-21)8-15(22)20-12-5-4-6-13(7-12)23-3/h4-7,9H,8H2,1-3H3,(H,20,22). The first kappa shape index (κ1) is 15.5. The van der Waals surface area contributed by atoms with E-state index in [0.717, 1.165) is 27.5 Å². The molecule has 0 aliphatic heterocycles. The van der Waals surface area contributed by atoms with Crippen LogP contribution in [0.3, 0.4) is 0 Å². The maximum atomic E-state index is 12.4. The van der Waals surface area contributed by atoms with Crippen molar-refractivity contribution in [2.75, 3.05) is 11.6 Å². The Labute approximate surface area is 138 Å². The molecule has 1 N–H and O–H groups in total. The number of carbonyl (C=O) groups is 1. The molecule has 2 heterocycles. The summed E-state index contributed by atoms with van der Waals surface area (Å²) in [7, 11) is 0. The molecule has 0 spiro atoms. The molecule has 3 rings (SSSR count). The minimum absolute atomic E-state index is 0.0734. The van der Waals surface area contributed by atoms with Crippen LogP contribution in [0.15, 0.2) is 35.5 Å². The van der Waals surface area contributed by atoms with E-state index in [1.54, 1.807) is 16.3 Å². The quantitative estimate of drug-likeness (QED) is 0.746. The van der Waals surface area contributed by atoms with Gasteiger partial charge in [-0.15, -0.1) is 11.8 Å². The lowest BCUT2D eigenvalue weighted by Crippen LogP contribution is -2.17. The number of nitrogens with zero attached hydrogens (tertiary/aromatic N) is 4. The molecule has 0 unspecified atom stereocenters. The summed E-state index contributed by atoms with van der Waals surface area (Å²) in [5, 5.41) is 7.08. The number of carbonyl (C=O) groups excluding carboxylic acids is 1. The zero-order valence-electron chi connectivity index (χ0n) is 13.2. The van der Waals surface area contributed by atoms with Crippen molar-refractivity contribution >= 4 is 29.1 Å². The molecule has 0 radical (unpaired) electrons. The van der Waals surface area contributed by atoms with Crippen molar-refractivity contribution in [3.05, 3.63) is 47.5 Å². The van der Waals surface area contributed by atoms with Gasteiger partial charge in [-0.25, -0.2) is 9.50 Å². The third kappa shape index (κ3) is 3.19. The smallest absolute Gasteiger partial charge is 0.252 e. The lowest BCUT2D eigenvalue weighted by molar-refractivity contribution is -0.115. The van der Waals surface area contributed by atoms with Crippen molar-refractivity contribution in [1.29, 1.82) is 0 Å². The van der Waals surface area contributed by atoms with E-state index in [4.69, 9.17) is 0 Å². The molecule has 0 atom stereocenters. The Kier molecular flexibility index (Phi) is 4.29. The number of amides is 1. The number of rotatable bonds is 4. The van der Waals surface area contributed by atoms with Crippen LogP contribution < -0.4 is 5.32 Å². The van der Waals surface area contributed by atoms with Crippen molar-refractivity contribution in [3.63, 3.8) is 0 Å². The van der Waals surface area contributed by atoms with Crippen molar-refractivity contribution in [1.82, 2.24) is 19.6 Å². The second-order valence-corrected chi connectivity index (χ2v) is 6.07. The molecular formula is C16H17N5OS. The first-order valence-corrected chi connectivity index (χ1v) is 8.40. The van der Waals surface area contributed by atoms with Crippen LogP contribution in [0.2, 0.25) is 0 Å². The monoisotopic (exact) mass is 327 g/mol. The van der Waals surface area contributed by atoms with E-state index >= 15 is 0 Å². The number of benzene rings is 1. The molecule has 3 aromatic rings. The highest BCUT2D eigenvalue weighted by atomic mass is 32.2. The number of fused-ring (bicyclic) bond motifs is 1. The molecule has 0 bridgehead atoms. The minimum Gasteiger partial charge on any atom is -0.326 e. The third-order valence-electron chi connectivity index (χ3n) is 3.68. The van der Waals surface area contributed by atoms with E-state index in [9.17, 15) is 4.79 Å². The fraction of sp³-hybridized carbons (Fsp3) is 0.250. The summed E-state index contributed by atoms with van der Waals surface area (Å²) < 4.78 is 1.66. The van der Waals surface area contributed by atoms with E-state index in [-0.39, 0.29) is 12.3 Å². The van der Waals surface area contributed by atoms with Gasteiger partial charge in [-0.1, -0.05) is 6.07 Å². The predicted octanol–water partition coefficient (Wildman–Crippen LogP) is 2.64.